The van der Waals surface area contributed by atoms with Crippen LogP contribution in [-0.4, -0.2) is 20.6 Å². The van der Waals surface area contributed by atoms with E-state index in [0.717, 1.165) is 24.1 Å². The van der Waals surface area contributed by atoms with Crippen molar-refractivity contribution in [2.24, 2.45) is 0 Å². The van der Waals surface area contributed by atoms with Gasteiger partial charge in [-0.2, -0.15) is 0 Å². The summed E-state index contributed by atoms with van der Waals surface area (Å²) in [6, 6.07) is 7.98. The molecule has 1 aromatic heterocycles. The van der Waals surface area contributed by atoms with Gasteiger partial charge < -0.3 is 9.67 Å². The van der Waals surface area contributed by atoms with Crippen LogP contribution in [0.4, 0.5) is 0 Å². The van der Waals surface area contributed by atoms with E-state index in [1.807, 2.05) is 35.0 Å². The summed E-state index contributed by atoms with van der Waals surface area (Å²) in [6.07, 6.45) is 7.47. The first kappa shape index (κ1) is 11.0. The van der Waals surface area contributed by atoms with Gasteiger partial charge in [0, 0.05) is 17.8 Å². The first-order valence-electron chi connectivity index (χ1n) is 6.01. The minimum Gasteiger partial charge on any atom is -0.481 e. The SMILES string of the molecule is O=C(O)CC1(c2ccccc2-n2ccnc2)CC1. The average Bonchev–Trinajstić information content (AvgIpc) is 2.93. The van der Waals surface area contributed by atoms with E-state index >= 15 is 0 Å². The lowest BCUT2D eigenvalue weighted by Gasteiger charge is -2.18. The van der Waals surface area contributed by atoms with Crippen molar-refractivity contribution in [1.29, 1.82) is 0 Å². The monoisotopic (exact) mass is 242 g/mol. The fraction of sp³-hybridized carbons (Fsp3) is 0.286. The van der Waals surface area contributed by atoms with E-state index in [2.05, 4.69) is 4.98 Å². The van der Waals surface area contributed by atoms with Crippen LogP contribution in [0.25, 0.3) is 5.69 Å². The quantitative estimate of drug-likeness (QED) is 0.895. The van der Waals surface area contributed by atoms with E-state index in [-0.39, 0.29) is 11.8 Å². The van der Waals surface area contributed by atoms with Gasteiger partial charge >= 0.3 is 5.97 Å². The number of imidazole rings is 1. The molecule has 0 amide bonds. The Bertz CT molecular complexity index is 571. The van der Waals surface area contributed by atoms with E-state index in [4.69, 9.17) is 5.11 Å². The highest BCUT2D eigenvalue weighted by Crippen LogP contribution is 2.52. The molecule has 4 nitrogen and oxygen atoms in total. The standard InChI is InChI=1S/C14H14N2O2/c17-13(18)9-14(5-6-14)11-3-1-2-4-12(11)16-8-7-15-10-16/h1-4,7-8,10H,5-6,9H2,(H,17,18). The van der Waals surface area contributed by atoms with Crippen LogP contribution in [0.5, 0.6) is 0 Å². The molecular weight excluding hydrogens is 228 g/mol. The van der Waals surface area contributed by atoms with Gasteiger partial charge in [0.15, 0.2) is 0 Å². The molecule has 1 aliphatic carbocycles. The first-order valence-corrected chi connectivity index (χ1v) is 6.01. The molecule has 2 aromatic rings. The van der Waals surface area contributed by atoms with Crippen LogP contribution in [0.1, 0.15) is 24.8 Å². The number of carboxylic acid groups (broad SMARTS) is 1. The zero-order valence-corrected chi connectivity index (χ0v) is 9.91. The Morgan fingerprint density at radius 2 is 2.17 bits per heavy atom. The van der Waals surface area contributed by atoms with E-state index in [1.54, 1.807) is 12.5 Å². The minimum absolute atomic E-state index is 0.174. The van der Waals surface area contributed by atoms with E-state index < -0.39 is 5.97 Å². The van der Waals surface area contributed by atoms with Gasteiger partial charge in [-0.3, -0.25) is 4.79 Å². The summed E-state index contributed by atoms with van der Waals surface area (Å²) in [7, 11) is 0. The summed E-state index contributed by atoms with van der Waals surface area (Å²) < 4.78 is 1.94. The molecule has 0 spiro atoms. The topological polar surface area (TPSA) is 55.1 Å². The zero-order chi connectivity index (χ0) is 12.6. The molecule has 1 fully saturated rings. The molecule has 1 aliphatic rings. The summed E-state index contributed by atoms with van der Waals surface area (Å²) in [6.45, 7) is 0. The Hall–Kier alpha value is -2.10. The van der Waals surface area contributed by atoms with Crippen molar-refractivity contribution in [2.45, 2.75) is 24.7 Å². The van der Waals surface area contributed by atoms with Gasteiger partial charge in [0.05, 0.1) is 18.4 Å². The second-order valence-electron chi connectivity index (χ2n) is 4.84. The molecule has 1 N–H and O–H groups in total. The van der Waals surface area contributed by atoms with Gasteiger partial charge in [-0.15, -0.1) is 0 Å². The van der Waals surface area contributed by atoms with Gasteiger partial charge in [0.2, 0.25) is 0 Å². The number of carbonyl (C=O) groups is 1. The third kappa shape index (κ3) is 1.79. The molecule has 0 saturated heterocycles. The molecule has 1 saturated carbocycles. The van der Waals surface area contributed by atoms with Gasteiger partial charge in [-0.25, -0.2) is 4.98 Å². The summed E-state index contributed by atoms with van der Waals surface area (Å²) in [4.78, 5) is 15.1. The molecule has 1 heterocycles. The third-order valence-corrected chi connectivity index (χ3v) is 3.60. The van der Waals surface area contributed by atoms with E-state index in [9.17, 15) is 4.79 Å². The van der Waals surface area contributed by atoms with Crippen molar-refractivity contribution < 1.29 is 9.90 Å². The number of benzene rings is 1. The number of rotatable bonds is 4. The van der Waals surface area contributed by atoms with E-state index in [0.29, 0.717) is 0 Å². The molecule has 3 rings (SSSR count). The molecule has 18 heavy (non-hydrogen) atoms. The Morgan fingerprint density at radius 3 is 2.78 bits per heavy atom. The third-order valence-electron chi connectivity index (χ3n) is 3.60. The fourth-order valence-corrected chi connectivity index (χ4v) is 2.53. The van der Waals surface area contributed by atoms with Gasteiger partial charge in [0.1, 0.15) is 0 Å². The van der Waals surface area contributed by atoms with Crippen molar-refractivity contribution in [3.8, 4) is 5.69 Å². The number of nitrogens with zero attached hydrogens (tertiary/aromatic N) is 2. The minimum atomic E-state index is -0.729. The van der Waals surface area contributed by atoms with Crippen LogP contribution in [-0.2, 0) is 10.2 Å². The molecule has 1 aromatic carbocycles. The largest absolute Gasteiger partial charge is 0.481 e. The summed E-state index contributed by atoms with van der Waals surface area (Å²) in [5.41, 5.74) is 1.98. The molecule has 0 unspecified atom stereocenters. The maximum atomic E-state index is 11.0. The van der Waals surface area contributed by atoms with Crippen LogP contribution >= 0.6 is 0 Å². The fourth-order valence-electron chi connectivity index (χ4n) is 2.53. The normalized spacial score (nSPS) is 16.4. The smallest absolute Gasteiger partial charge is 0.304 e. The Balaban J connectivity index is 2.05. The van der Waals surface area contributed by atoms with Crippen LogP contribution in [0.3, 0.4) is 0 Å². The lowest BCUT2D eigenvalue weighted by atomic mass is 9.91. The van der Waals surface area contributed by atoms with Crippen LogP contribution in [0.15, 0.2) is 43.0 Å². The van der Waals surface area contributed by atoms with Gasteiger partial charge in [0.25, 0.3) is 0 Å². The number of hydrogen-bond acceptors (Lipinski definition) is 2. The maximum Gasteiger partial charge on any atom is 0.304 e. The number of aliphatic carboxylic acids is 1. The zero-order valence-electron chi connectivity index (χ0n) is 9.91. The van der Waals surface area contributed by atoms with Crippen molar-refractivity contribution in [1.82, 2.24) is 9.55 Å². The number of para-hydroxylation sites is 1. The molecule has 4 heteroatoms. The highest BCUT2D eigenvalue weighted by Gasteiger charge is 2.47. The van der Waals surface area contributed by atoms with Crippen molar-refractivity contribution in [2.75, 3.05) is 0 Å². The van der Waals surface area contributed by atoms with Crippen molar-refractivity contribution >= 4 is 5.97 Å². The van der Waals surface area contributed by atoms with Crippen molar-refractivity contribution in [3.63, 3.8) is 0 Å². The highest BCUT2D eigenvalue weighted by molar-refractivity contribution is 5.71. The lowest BCUT2D eigenvalue weighted by molar-refractivity contribution is -0.137. The summed E-state index contributed by atoms with van der Waals surface area (Å²) in [5, 5.41) is 9.05. The first-order chi connectivity index (χ1) is 8.71. The van der Waals surface area contributed by atoms with Gasteiger partial charge in [-0.05, 0) is 24.5 Å². The Morgan fingerprint density at radius 1 is 1.39 bits per heavy atom. The second kappa shape index (κ2) is 3.98. The molecule has 0 atom stereocenters. The summed E-state index contributed by atoms with van der Waals surface area (Å²) in [5.74, 6) is -0.729. The molecule has 0 aliphatic heterocycles. The predicted octanol–water partition coefficient (Wildman–Crippen LogP) is 2.38. The lowest BCUT2D eigenvalue weighted by Crippen LogP contribution is -2.15. The van der Waals surface area contributed by atoms with Crippen LogP contribution in [0, 0.1) is 0 Å². The maximum absolute atomic E-state index is 11.0. The summed E-state index contributed by atoms with van der Waals surface area (Å²) >= 11 is 0. The average molecular weight is 242 g/mol. The number of aromatic nitrogens is 2. The molecule has 92 valence electrons. The van der Waals surface area contributed by atoms with Gasteiger partial charge in [-0.1, -0.05) is 18.2 Å². The van der Waals surface area contributed by atoms with Crippen molar-refractivity contribution in [3.05, 3.63) is 48.5 Å². The van der Waals surface area contributed by atoms with Crippen LogP contribution in [0.2, 0.25) is 0 Å². The number of hydrogen-bond donors (Lipinski definition) is 1. The molecule has 0 bridgehead atoms. The highest BCUT2D eigenvalue weighted by atomic mass is 16.4. The second-order valence-corrected chi connectivity index (χ2v) is 4.84. The Kier molecular flexibility index (Phi) is 2.44. The number of carboxylic acids is 1. The predicted molar refractivity (Wildman–Crippen MR) is 66.7 cm³/mol. The van der Waals surface area contributed by atoms with Crippen LogP contribution < -0.4 is 0 Å². The molecule has 0 radical (unpaired) electrons. The molecular formula is C14H14N2O2. The Labute approximate surface area is 105 Å². The van der Waals surface area contributed by atoms with E-state index in [1.165, 1.54) is 0 Å².